The highest BCUT2D eigenvalue weighted by molar-refractivity contribution is 6.30. The zero-order chi connectivity index (χ0) is 16.2. The van der Waals surface area contributed by atoms with Crippen molar-refractivity contribution in [2.24, 2.45) is 5.73 Å². The van der Waals surface area contributed by atoms with Gasteiger partial charge < -0.3 is 15.4 Å². The number of nitrogens with two attached hydrogens (primary N) is 1. The van der Waals surface area contributed by atoms with E-state index >= 15 is 0 Å². The maximum atomic E-state index is 13.7. The van der Waals surface area contributed by atoms with Crippen molar-refractivity contribution in [3.05, 3.63) is 47.5 Å². The minimum Gasteiger partial charge on any atom is -0.391 e. The van der Waals surface area contributed by atoms with Gasteiger partial charge in [0, 0.05) is 23.5 Å². The van der Waals surface area contributed by atoms with Gasteiger partial charge in [-0.05, 0) is 61.4 Å². The van der Waals surface area contributed by atoms with Crippen molar-refractivity contribution in [1.29, 1.82) is 0 Å². The van der Waals surface area contributed by atoms with Crippen LogP contribution in [-0.4, -0.2) is 21.3 Å². The third kappa shape index (κ3) is 2.32. The lowest BCUT2D eigenvalue weighted by molar-refractivity contribution is -0.0606. The number of halogens is 2. The molecular weight excluding hydrogens is 315 g/mol. The maximum absolute atomic E-state index is 13.7. The molecule has 2 bridgehead atoms. The molecule has 3 nitrogen and oxygen atoms in total. The quantitative estimate of drug-likeness (QED) is 0.880. The smallest absolute Gasteiger partial charge is 0.142 e. The van der Waals surface area contributed by atoms with Gasteiger partial charge in [-0.2, -0.15) is 0 Å². The fourth-order valence-corrected chi connectivity index (χ4v) is 4.30. The first-order valence-corrected chi connectivity index (χ1v) is 8.41. The Morgan fingerprint density at radius 1 is 1.17 bits per heavy atom. The highest BCUT2D eigenvalue weighted by Crippen LogP contribution is 2.50. The van der Waals surface area contributed by atoms with Gasteiger partial charge in [0.2, 0.25) is 0 Å². The third-order valence-corrected chi connectivity index (χ3v) is 6.15. The van der Waals surface area contributed by atoms with E-state index in [-0.39, 0.29) is 10.6 Å². The van der Waals surface area contributed by atoms with Crippen LogP contribution in [0.5, 0.6) is 0 Å². The number of hydrogen-bond acceptors (Lipinski definition) is 2. The Hall–Kier alpha value is -1.36. The molecule has 5 heteroatoms. The Kier molecular flexibility index (Phi) is 3.34. The molecule has 1 aromatic heterocycles. The standard InChI is InChI=1S/C18H20ClFN2O/c19-14-2-1-12(9-15(14)20)13-3-8-22(11-13)17-4-6-18(21,7-5-17)16(23)10-17/h1-3,8-9,11,16,23H,4-7,10,21H2. The minimum absolute atomic E-state index is 0.0657. The number of benzene rings is 1. The average Bonchev–Trinajstić information content (AvgIpc) is 3.02. The van der Waals surface area contributed by atoms with Crippen molar-refractivity contribution in [2.75, 3.05) is 0 Å². The summed E-state index contributed by atoms with van der Waals surface area (Å²) in [5, 5.41) is 10.5. The van der Waals surface area contributed by atoms with Gasteiger partial charge in [-0.3, -0.25) is 0 Å². The fraction of sp³-hybridized carbons (Fsp3) is 0.444. The molecule has 1 heterocycles. The summed E-state index contributed by atoms with van der Waals surface area (Å²) in [6.07, 6.45) is 7.95. The molecule has 0 aliphatic heterocycles. The van der Waals surface area contributed by atoms with Crippen LogP contribution in [0.2, 0.25) is 5.02 Å². The van der Waals surface area contributed by atoms with Crippen LogP contribution >= 0.6 is 11.6 Å². The summed E-state index contributed by atoms with van der Waals surface area (Å²) in [6.45, 7) is 0. The van der Waals surface area contributed by atoms with E-state index in [0.29, 0.717) is 6.42 Å². The second-order valence-electron chi connectivity index (χ2n) is 7.11. The summed E-state index contributed by atoms with van der Waals surface area (Å²) >= 11 is 5.75. The second-order valence-corrected chi connectivity index (χ2v) is 7.52. The third-order valence-electron chi connectivity index (χ3n) is 5.84. The maximum Gasteiger partial charge on any atom is 0.142 e. The van der Waals surface area contributed by atoms with Gasteiger partial charge >= 0.3 is 0 Å². The van der Waals surface area contributed by atoms with Crippen molar-refractivity contribution in [2.45, 2.75) is 49.3 Å². The number of nitrogens with zero attached hydrogens (tertiary/aromatic N) is 1. The van der Waals surface area contributed by atoms with E-state index < -0.39 is 17.5 Å². The molecule has 1 aromatic carbocycles. The SMILES string of the molecule is NC12CCC(n3ccc(-c4ccc(Cl)c(F)c4)c3)(CC1)CC2O. The van der Waals surface area contributed by atoms with Crippen LogP contribution < -0.4 is 5.73 Å². The number of fused-ring (bicyclic) bond motifs is 3. The predicted molar refractivity (Wildman–Crippen MR) is 88.8 cm³/mol. The zero-order valence-corrected chi connectivity index (χ0v) is 13.6. The van der Waals surface area contributed by atoms with E-state index in [1.807, 2.05) is 24.5 Å². The molecule has 1 atom stereocenters. The van der Waals surface area contributed by atoms with E-state index in [1.54, 1.807) is 6.07 Å². The van der Waals surface area contributed by atoms with E-state index in [9.17, 15) is 9.50 Å². The number of aliphatic hydroxyl groups excluding tert-OH is 1. The summed E-state index contributed by atoms with van der Waals surface area (Å²) in [5.41, 5.74) is 7.58. The van der Waals surface area contributed by atoms with Crippen LogP contribution in [0.3, 0.4) is 0 Å². The van der Waals surface area contributed by atoms with Crippen LogP contribution in [-0.2, 0) is 5.54 Å². The molecule has 122 valence electrons. The Balaban J connectivity index is 1.67. The van der Waals surface area contributed by atoms with Crippen molar-refractivity contribution in [1.82, 2.24) is 4.57 Å². The largest absolute Gasteiger partial charge is 0.391 e. The first-order chi connectivity index (χ1) is 10.9. The van der Waals surface area contributed by atoms with E-state index in [1.165, 1.54) is 6.07 Å². The van der Waals surface area contributed by atoms with Gasteiger partial charge in [-0.25, -0.2) is 4.39 Å². The lowest BCUT2D eigenvalue weighted by Crippen LogP contribution is -2.63. The van der Waals surface area contributed by atoms with Crippen LogP contribution in [0.25, 0.3) is 11.1 Å². The molecule has 23 heavy (non-hydrogen) atoms. The highest BCUT2D eigenvalue weighted by atomic mass is 35.5. The summed E-state index contributed by atoms with van der Waals surface area (Å²) in [4.78, 5) is 0. The molecule has 1 unspecified atom stereocenters. The normalized spacial score (nSPS) is 33.1. The van der Waals surface area contributed by atoms with Gasteiger partial charge in [0.25, 0.3) is 0 Å². The highest BCUT2D eigenvalue weighted by Gasteiger charge is 2.52. The topological polar surface area (TPSA) is 51.2 Å². The van der Waals surface area contributed by atoms with Gasteiger partial charge in [0.1, 0.15) is 5.82 Å². The van der Waals surface area contributed by atoms with Crippen molar-refractivity contribution in [3.8, 4) is 11.1 Å². The molecule has 3 aliphatic rings. The monoisotopic (exact) mass is 334 g/mol. The first-order valence-electron chi connectivity index (χ1n) is 8.03. The van der Waals surface area contributed by atoms with E-state index in [4.69, 9.17) is 17.3 Å². The van der Waals surface area contributed by atoms with Crippen LogP contribution in [0.15, 0.2) is 36.7 Å². The second kappa shape index (κ2) is 5.07. The summed E-state index contributed by atoms with van der Waals surface area (Å²) in [5.74, 6) is -0.409. The minimum atomic E-state index is -0.455. The van der Waals surface area contributed by atoms with Gasteiger partial charge in [-0.1, -0.05) is 17.7 Å². The lowest BCUT2D eigenvalue weighted by Gasteiger charge is -2.55. The number of hydrogen-bond donors (Lipinski definition) is 2. The summed E-state index contributed by atoms with van der Waals surface area (Å²) in [7, 11) is 0. The molecular formula is C18H20ClFN2O. The van der Waals surface area contributed by atoms with Crippen molar-refractivity contribution >= 4 is 11.6 Å². The Morgan fingerprint density at radius 3 is 2.57 bits per heavy atom. The van der Waals surface area contributed by atoms with Gasteiger partial charge in [0.05, 0.1) is 11.1 Å². The van der Waals surface area contributed by atoms with Crippen LogP contribution in [0.4, 0.5) is 4.39 Å². The van der Waals surface area contributed by atoms with E-state index in [0.717, 1.165) is 36.8 Å². The van der Waals surface area contributed by atoms with Gasteiger partial charge in [-0.15, -0.1) is 0 Å². The molecule has 0 saturated heterocycles. The molecule has 0 spiro atoms. The Morgan fingerprint density at radius 2 is 1.91 bits per heavy atom. The predicted octanol–water partition coefficient (Wildman–Crippen LogP) is 3.68. The van der Waals surface area contributed by atoms with Crippen LogP contribution in [0, 0.1) is 5.82 Å². The lowest BCUT2D eigenvalue weighted by atomic mass is 9.60. The molecule has 2 aromatic rings. The van der Waals surface area contributed by atoms with E-state index in [2.05, 4.69) is 4.57 Å². The molecule has 3 fully saturated rings. The number of aliphatic hydroxyl groups is 1. The Bertz CT molecular complexity index is 749. The zero-order valence-electron chi connectivity index (χ0n) is 12.8. The number of rotatable bonds is 2. The molecule has 3 N–H and O–H groups in total. The Labute approximate surface area is 139 Å². The molecule has 0 amide bonds. The average molecular weight is 335 g/mol. The van der Waals surface area contributed by atoms with Crippen molar-refractivity contribution < 1.29 is 9.50 Å². The molecule has 5 rings (SSSR count). The van der Waals surface area contributed by atoms with Crippen molar-refractivity contribution in [3.63, 3.8) is 0 Å². The molecule has 3 saturated carbocycles. The summed E-state index contributed by atoms with van der Waals surface area (Å²) < 4.78 is 15.9. The number of aromatic nitrogens is 1. The fourth-order valence-electron chi connectivity index (χ4n) is 4.18. The summed E-state index contributed by atoms with van der Waals surface area (Å²) in [6, 6.07) is 6.85. The molecule has 0 radical (unpaired) electrons. The first kappa shape index (κ1) is 15.2. The van der Waals surface area contributed by atoms with Gasteiger partial charge in [0.15, 0.2) is 0 Å². The molecule has 3 aliphatic carbocycles. The van der Waals surface area contributed by atoms with Crippen LogP contribution in [0.1, 0.15) is 32.1 Å².